The number of nitrogens with two attached hydrogens (primary N) is 1. The van der Waals surface area contributed by atoms with Crippen LogP contribution >= 0.6 is 0 Å². The Morgan fingerprint density at radius 3 is 2.94 bits per heavy atom. The first kappa shape index (κ1) is 10.3. The first-order valence-electron chi connectivity index (χ1n) is 6.60. The highest BCUT2D eigenvalue weighted by Crippen LogP contribution is 2.41. The molecule has 1 aromatic rings. The lowest BCUT2D eigenvalue weighted by Crippen LogP contribution is -2.15. The van der Waals surface area contributed by atoms with Gasteiger partial charge in [-0.05, 0) is 32.1 Å². The van der Waals surface area contributed by atoms with Gasteiger partial charge in [0.25, 0.3) is 0 Å². The van der Waals surface area contributed by atoms with Crippen LogP contribution in [-0.2, 0) is 13.0 Å². The van der Waals surface area contributed by atoms with E-state index >= 15 is 0 Å². The Kier molecular flexibility index (Phi) is 2.51. The molecule has 1 unspecified atom stereocenters. The molecule has 3 nitrogen and oxygen atoms in total. The molecule has 1 aliphatic carbocycles. The number of hydrogen-bond acceptors (Lipinski definition) is 2. The molecule has 3 rings (SSSR count). The molecular formula is C13H21N3. The van der Waals surface area contributed by atoms with E-state index in [1.807, 2.05) is 0 Å². The van der Waals surface area contributed by atoms with E-state index in [1.165, 1.54) is 55.9 Å². The molecule has 1 aromatic heterocycles. The van der Waals surface area contributed by atoms with Gasteiger partial charge in [0.05, 0.1) is 5.69 Å². The lowest BCUT2D eigenvalue weighted by atomic mass is 10.0. The third-order valence-corrected chi connectivity index (χ3v) is 3.94. The van der Waals surface area contributed by atoms with Crippen LogP contribution < -0.4 is 5.73 Å². The molecule has 2 heterocycles. The molecule has 88 valence electrons. The highest BCUT2D eigenvalue weighted by Gasteiger charge is 2.32. The maximum Gasteiger partial charge on any atom is 0.112 e. The molecule has 2 aliphatic rings. The van der Waals surface area contributed by atoms with Gasteiger partial charge in [-0.3, -0.25) is 0 Å². The van der Waals surface area contributed by atoms with Gasteiger partial charge in [0.2, 0.25) is 0 Å². The largest absolute Gasteiger partial charge is 0.332 e. The second-order valence-corrected chi connectivity index (χ2v) is 5.32. The smallest absolute Gasteiger partial charge is 0.112 e. The standard InChI is InChI=1S/C13H21N3/c1-9(8-14)12-11-4-2-3-7-16(11)13(15-12)10-5-6-10/h9-10H,2-8,14H2,1H3. The fraction of sp³-hybridized carbons (Fsp3) is 0.769. The van der Waals surface area contributed by atoms with Crippen molar-refractivity contribution in [2.24, 2.45) is 5.73 Å². The molecule has 16 heavy (non-hydrogen) atoms. The minimum Gasteiger partial charge on any atom is -0.332 e. The third kappa shape index (κ3) is 1.58. The molecule has 1 fully saturated rings. The van der Waals surface area contributed by atoms with Crippen LogP contribution in [0.1, 0.15) is 61.7 Å². The maximum absolute atomic E-state index is 5.79. The van der Waals surface area contributed by atoms with Crippen molar-refractivity contribution < 1.29 is 0 Å². The van der Waals surface area contributed by atoms with Crippen LogP contribution in [-0.4, -0.2) is 16.1 Å². The van der Waals surface area contributed by atoms with E-state index in [2.05, 4.69) is 11.5 Å². The lowest BCUT2D eigenvalue weighted by molar-refractivity contribution is 0.511. The van der Waals surface area contributed by atoms with Crippen LogP contribution in [0.15, 0.2) is 0 Å². The Labute approximate surface area is 97.0 Å². The minimum absolute atomic E-state index is 0.423. The van der Waals surface area contributed by atoms with E-state index in [0.717, 1.165) is 5.92 Å². The molecular weight excluding hydrogens is 198 g/mol. The monoisotopic (exact) mass is 219 g/mol. The topological polar surface area (TPSA) is 43.8 Å². The maximum atomic E-state index is 5.79. The zero-order valence-electron chi connectivity index (χ0n) is 10.1. The van der Waals surface area contributed by atoms with Gasteiger partial charge in [0.15, 0.2) is 0 Å². The van der Waals surface area contributed by atoms with E-state index in [0.29, 0.717) is 12.5 Å². The Balaban J connectivity index is 2.03. The van der Waals surface area contributed by atoms with Gasteiger partial charge >= 0.3 is 0 Å². The van der Waals surface area contributed by atoms with Gasteiger partial charge in [0.1, 0.15) is 5.82 Å². The molecule has 0 radical (unpaired) electrons. The number of hydrogen-bond donors (Lipinski definition) is 1. The highest BCUT2D eigenvalue weighted by atomic mass is 15.1. The van der Waals surface area contributed by atoms with Crippen LogP contribution in [0, 0.1) is 0 Å². The van der Waals surface area contributed by atoms with Crippen LogP contribution in [0.25, 0.3) is 0 Å². The summed E-state index contributed by atoms with van der Waals surface area (Å²) in [5, 5.41) is 0. The molecule has 1 aliphatic heterocycles. The van der Waals surface area contributed by atoms with Crippen molar-refractivity contribution in [3.8, 4) is 0 Å². The molecule has 0 saturated heterocycles. The zero-order valence-corrected chi connectivity index (χ0v) is 10.1. The van der Waals surface area contributed by atoms with Gasteiger partial charge in [-0.15, -0.1) is 0 Å². The van der Waals surface area contributed by atoms with E-state index in [9.17, 15) is 0 Å². The van der Waals surface area contributed by atoms with Crippen molar-refractivity contribution in [1.29, 1.82) is 0 Å². The van der Waals surface area contributed by atoms with Crippen molar-refractivity contribution in [1.82, 2.24) is 9.55 Å². The fourth-order valence-electron chi connectivity index (χ4n) is 2.76. The summed E-state index contributed by atoms with van der Waals surface area (Å²) in [7, 11) is 0. The summed E-state index contributed by atoms with van der Waals surface area (Å²) in [6.07, 6.45) is 6.53. The van der Waals surface area contributed by atoms with Crippen molar-refractivity contribution in [3.05, 3.63) is 17.2 Å². The molecule has 0 aromatic carbocycles. The van der Waals surface area contributed by atoms with Crippen molar-refractivity contribution >= 4 is 0 Å². The molecule has 0 amide bonds. The van der Waals surface area contributed by atoms with Crippen LogP contribution in [0.2, 0.25) is 0 Å². The minimum atomic E-state index is 0.423. The zero-order chi connectivity index (χ0) is 11.1. The predicted molar refractivity (Wildman–Crippen MR) is 64.6 cm³/mol. The summed E-state index contributed by atoms with van der Waals surface area (Å²) in [6, 6.07) is 0. The number of aromatic nitrogens is 2. The average molecular weight is 219 g/mol. The Hall–Kier alpha value is -0.830. The van der Waals surface area contributed by atoms with E-state index in [-0.39, 0.29) is 0 Å². The van der Waals surface area contributed by atoms with Crippen LogP contribution in [0.5, 0.6) is 0 Å². The average Bonchev–Trinajstić information content (AvgIpc) is 3.09. The number of nitrogens with zero attached hydrogens (tertiary/aromatic N) is 2. The van der Waals surface area contributed by atoms with Crippen molar-refractivity contribution in [3.63, 3.8) is 0 Å². The lowest BCUT2D eigenvalue weighted by Gasteiger charge is -2.18. The first-order chi connectivity index (χ1) is 7.81. The van der Waals surface area contributed by atoms with E-state index in [4.69, 9.17) is 10.7 Å². The van der Waals surface area contributed by atoms with Gasteiger partial charge in [-0.25, -0.2) is 4.98 Å². The van der Waals surface area contributed by atoms with Crippen molar-refractivity contribution in [2.45, 2.75) is 57.4 Å². The first-order valence-corrected chi connectivity index (χ1v) is 6.60. The highest BCUT2D eigenvalue weighted by molar-refractivity contribution is 5.26. The summed E-state index contributed by atoms with van der Waals surface area (Å²) in [5.41, 5.74) is 8.58. The van der Waals surface area contributed by atoms with Crippen LogP contribution in [0.3, 0.4) is 0 Å². The third-order valence-electron chi connectivity index (χ3n) is 3.94. The molecule has 0 bridgehead atoms. The van der Waals surface area contributed by atoms with Gasteiger partial charge in [-0.2, -0.15) is 0 Å². The molecule has 1 atom stereocenters. The number of imidazole rings is 1. The Morgan fingerprint density at radius 1 is 1.44 bits per heavy atom. The summed E-state index contributed by atoms with van der Waals surface area (Å²) in [4.78, 5) is 4.91. The normalized spacial score (nSPS) is 21.9. The Morgan fingerprint density at radius 2 is 2.25 bits per heavy atom. The van der Waals surface area contributed by atoms with Crippen LogP contribution in [0.4, 0.5) is 0 Å². The summed E-state index contributed by atoms with van der Waals surface area (Å²) in [6.45, 7) is 4.11. The Bertz CT molecular complexity index is 390. The van der Waals surface area contributed by atoms with E-state index < -0.39 is 0 Å². The molecule has 2 N–H and O–H groups in total. The second-order valence-electron chi connectivity index (χ2n) is 5.32. The summed E-state index contributed by atoms with van der Waals surface area (Å²) >= 11 is 0. The SMILES string of the molecule is CC(CN)c1nc(C2CC2)n2c1CCCC2. The quantitative estimate of drug-likeness (QED) is 0.846. The summed E-state index contributed by atoms with van der Waals surface area (Å²) in [5.74, 6) is 2.55. The predicted octanol–water partition coefficient (Wildman–Crippen LogP) is 2.16. The van der Waals surface area contributed by atoms with Gasteiger partial charge in [-0.1, -0.05) is 6.92 Å². The fourth-order valence-corrected chi connectivity index (χ4v) is 2.76. The molecule has 0 spiro atoms. The van der Waals surface area contributed by atoms with Gasteiger partial charge in [0, 0.05) is 30.6 Å². The van der Waals surface area contributed by atoms with Gasteiger partial charge < -0.3 is 10.3 Å². The second kappa shape index (κ2) is 3.88. The van der Waals surface area contributed by atoms with E-state index in [1.54, 1.807) is 0 Å². The number of fused-ring (bicyclic) bond motifs is 1. The molecule has 3 heteroatoms. The molecule has 1 saturated carbocycles. The summed E-state index contributed by atoms with van der Waals surface area (Å²) < 4.78 is 2.50. The van der Waals surface area contributed by atoms with Crippen molar-refractivity contribution in [2.75, 3.05) is 6.54 Å². The number of rotatable bonds is 3.